The largest absolute Gasteiger partial charge is 0.384 e. The molecule has 2 amide bonds. The van der Waals surface area contributed by atoms with Gasteiger partial charge >= 0.3 is 0 Å². The molecule has 2 saturated heterocycles. The molecule has 2 aromatic rings. The van der Waals surface area contributed by atoms with Gasteiger partial charge in [0.05, 0.1) is 12.1 Å². The van der Waals surface area contributed by atoms with Crippen LogP contribution in [0.5, 0.6) is 0 Å². The number of amides is 2. The molecule has 8 heteroatoms. The van der Waals surface area contributed by atoms with E-state index < -0.39 is 17.6 Å². The number of carbonyl (C=O) groups is 2. The Hall–Kier alpha value is -3.23. The molecular weight excluding hydrogens is 420 g/mol. The van der Waals surface area contributed by atoms with Crippen LogP contribution in [-0.2, 0) is 27.3 Å². The Balaban J connectivity index is 1.48. The highest BCUT2D eigenvalue weighted by atomic mass is 16.5. The number of nitrogens with zero attached hydrogens (tertiary/aromatic N) is 1. The van der Waals surface area contributed by atoms with Crippen molar-refractivity contribution >= 4 is 17.6 Å². The molecular formula is C25H30N4O4. The average Bonchev–Trinajstić information content (AvgIpc) is 3.26. The molecule has 0 spiro atoms. The third-order valence-electron chi connectivity index (χ3n) is 6.71. The molecule has 2 aliphatic rings. The molecule has 0 saturated carbocycles. The van der Waals surface area contributed by atoms with Crippen LogP contribution in [0.3, 0.4) is 0 Å². The lowest BCUT2D eigenvalue weighted by Gasteiger charge is -2.46. The number of amidine groups is 1. The zero-order valence-electron chi connectivity index (χ0n) is 18.7. The molecule has 2 heterocycles. The van der Waals surface area contributed by atoms with E-state index in [1.54, 1.807) is 36.3 Å². The first-order chi connectivity index (χ1) is 15.8. The zero-order chi connectivity index (χ0) is 23.6. The van der Waals surface area contributed by atoms with Gasteiger partial charge in [-0.1, -0.05) is 54.6 Å². The predicted molar refractivity (Wildman–Crippen MR) is 123 cm³/mol. The smallest absolute Gasteiger partial charge is 0.256 e. The predicted octanol–water partition coefficient (Wildman–Crippen LogP) is 1.34. The summed E-state index contributed by atoms with van der Waals surface area (Å²) >= 11 is 0. The van der Waals surface area contributed by atoms with Gasteiger partial charge in [0.1, 0.15) is 17.5 Å². The van der Waals surface area contributed by atoms with Gasteiger partial charge in [-0.3, -0.25) is 15.0 Å². The summed E-state index contributed by atoms with van der Waals surface area (Å²) < 4.78 is 5.66. The molecule has 2 fully saturated rings. The van der Waals surface area contributed by atoms with E-state index in [9.17, 15) is 14.7 Å². The highest BCUT2D eigenvalue weighted by Gasteiger charge is 2.56. The second kappa shape index (κ2) is 9.33. The van der Waals surface area contributed by atoms with Crippen LogP contribution in [0.4, 0.5) is 0 Å². The van der Waals surface area contributed by atoms with E-state index in [0.29, 0.717) is 24.9 Å². The number of rotatable bonds is 7. The average molecular weight is 451 g/mol. The van der Waals surface area contributed by atoms with Gasteiger partial charge in [-0.2, -0.15) is 0 Å². The number of aliphatic hydroxyl groups is 1. The number of hydrogen-bond acceptors (Lipinski definition) is 5. The number of ether oxygens (including phenoxy) is 1. The summed E-state index contributed by atoms with van der Waals surface area (Å²) in [5.41, 5.74) is 6.20. The maximum Gasteiger partial charge on any atom is 0.256 e. The van der Waals surface area contributed by atoms with Crippen molar-refractivity contribution < 1.29 is 19.4 Å². The topological polar surface area (TPSA) is 129 Å². The molecule has 174 valence electrons. The van der Waals surface area contributed by atoms with Crippen molar-refractivity contribution in [3.63, 3.8) is 0 Å². The summed E-state index contributed by atoms with van der Waals surface area (Å²) in [5, 5.41) is 21.8. The van der Waals surface area contributed by atoms with E-state index in [-0.39, 0.29) is 36.7 Å². The second-order valence-electron chi connectivity index (χ2n) is 8.87. The first kappa shape index (κ1) is 22.9. The van der Waals surface area contributed by atoms with Gasteiger partial charge < -0.3 is 25.8 Å². The number of fused-ring (bicyclic) bond motifs is 1. The summed E-state index contributed by atoms with van der Waals surface area (Å²) in [4.78, 5) is 28.1. The Morgan fingerprint density at radius 2 is 1.88 bits per heavy atom. The highest BCUT2D eigenvalue weighted by molar-refractivity contribution is 5.95. The standard InChI is InChI=1S/C25H30N4O4/c1-33-21-14-25(32,13-16-5-3-2-4-6-16)24(31)29-19(21)11-12-20(29)23(30)28-15-17-7-9-18(10-8-17)22(26)27/h2-10,19-21,32H,11-15H2,1H3,(H3,26,27)(H,28,30)/t19-,20?,21-,25-/m0/s1. The summed E-state index contributed by atoms with van der Waals surface area (Å²) in [6, 6.07) is 15.6. The fraction of sp³-hybridized carbons (Fsp3) is 0.400. The van der Waals surface area contributed by atoms with Crippen molar-refractivity contribution in [1.29, 1.82) is 5.41 Å². The lowest BCUT2D eigenvalue weighted by Crippen LogP contribution is -2.65. The van der Waals surface area contributed by atoms with Crippen LogP contribution in [0.1, 0.15) is 36.0 Å². The summed E-state index contributed by atoms with van der Waals surface area (Å²) in [5.74, 6) is -0.671. The second-order valence-corrected chi connectivity index (χ2v) is 8.87. The van der Waals surface area contributed by atoms with Gasteiger partial charge in [0.25, 0.3) is 5.91 Å². The van der Waals surface area contributed by atoms with Gasteiger partial charge in [-0.05, 0) is 24.0 Å². The van der Waals surface area contributed by atoms with Gasteiger partial charge in [0.15, 0.2) is 0 Å². The Kier molecular flexibility index (Phi) is 6.49. The summed E-state index contributed by atoms with van der Waals surface area (Å²) in [6.45, 7) is 0.294. The first-order valence-corrected chi connectivity index (χ1v) is 11.2. The van der Waals surface area contributed by atoms with Crippen LogP contribution in [0.15, 0.2) is 54.6 Å². The lowest BCUT2D eigenvalue weighted by molar-refractivity contribution is -0.175. The maximum atomic E-state index is 13.5. The lowest BCUT2D eigenvalue weighted by atomic mass is 9.81. The monoisotopic (exact) mass is 450 g/mol. The molecule has 0 bridgehead atoms. The van der Waals surface area contributed by atoms with E-state index in [2.05, 4.69) is 5.32 Å². The summed E-state index contributed by atoms with van der Waals surface area (Å²) in [7, 11) is 1.58. The van der Waals surface area contributed by atoms with Crippen molar-refractivity contribution in [3.8, 4) is 0 Å². The number of carbonyl (C=O) groups excluding carboxylic acids is 2. The molecule has 1 unspecified atom stereocenters. The molecule has 8 nitrogen and oxygen atoms in total. The van der Waals surface area contributed by atoms with Crippen LogP contribution in [0.25, 0.3) is 0 Å². The van der Waals surface area contributed by atoms with Crippen LogP contribution in [0.2, 0.25) is 0 Å². The Morgan fingerprint density at radius 3 is 2.52 bits per heavy atom. The Morgan fingerprint density at radius 1 is 1.18 bits per heavy atom. The zero-order valence-corrected chi connectivity index (χ0v) is 18.7. The molecule has 2 aliphatic heterocycles. The third-order valence-corrected chi connectivity index (χ3v) is 6.71. The van der Waals surface area contributed by atoms with E-state index in [0.717, 1.165) is 11.1 Å². The minimum absolute atomic E-state index is 0.0121. The third kappa shape index (κ3) is 4.62. The molecule has 2 aromatic carbocycles. The fourth-order valence-corrected chi connectivity index (χ4v) is 4.98. The number of benzene rings is 2. The molecule has 33 heavy (non-hydrogen) atoms. The molecule has 0 radical (unpaired) electrons. The number of nitrogens with one attached hydrogen (secondary N) is 2. The number of piperidine rings is 1. The van der Waals surface area contributed by atoms with Gasteiger partial charge in [0.2, 0.25) is 5.91 Å². The fourth-order valence-electron chi connectivity index (χ4n) is 4.98. The maximum absolute atomic E-state index is 13.5. The summed E-state index contributed by atoms with van der Waals surface area (Å²) in [6.07, 6.45) is 1.21. The van der Waals surface area contributed by atoms with Gasteiger partial charge in [-0.15, -0.1) is 0 Å². The van der Waals surface area contributed by atoms with Crippen molar-refractivity contribution in [3.05, 3.63) is 71.3 Å². The number of methoxy groups -OCH3 is 1. The SMILES string of the molecule is CO[C@H]1C[C@@](O)(Cc2ccccc2)C(=O)N2C(C(=O)NCc3ccc(C(=N)N)cc3)CC[C@@H]12. The quantitative estimate of drug-likeness (QED) is 0.374. The Labute approximate surface area is 193 Å². The Bertz CT molecular complexity index is 1030. The number of nitrogen functional groups attached to an aromatic ring is 1. The van der Waals surface area contributed by atoms with E-state index in [1.165, 1.54) is 0 Å². The normalized spacial score (nSPS) is 26.7. The van der Waals surface area contributed by atoms with Crippen molar-refractivity contribution in [1.82, 2.24) is 10.2 Å². The van der Waals surface area contributed by atoms with E-state index in [4.69, 9.17) is 15.9 Å². The minimum atomic E-state index is -1.62. The van der Waals surface area contributed by atoms with E-state index in [1.807, 2.05) is 30.3 Å². The van der Waals surface area contributed by atoms with Crippen LogP contribution >= 0.6 is 0 Å². The van der Waals surface area contributed by atoms with Crippen LogP contribution in [-0.4, -0.2) is 58.6 Å². The first-order valence-electron chi connectivity index (χ1n) is 11.2. The molecule has 4 rings (SSSR count). The van der Waals surface area contributed by atoms with Crippen molar-refractivity contribution in [2.45, 2.75) is 56.0 Å². The number of nitrogens with two attached hydrogens (primary N) is 1. The van der Waals surface area contributed by atoms with Crippen LogP contribution in [0, 0.1) is 5.41 Å². The molecule has 0 aliphatic carbocycles. The molecule has 0 aromatic heterocycles. The molecule has 5 N–H and O–H groups in total. The minimum Gasteiger partial charge on any atom is -0.384 e. The number of hydrogen-bond donors (Lipinski definition) is 4. The van der Waals surface area contributed by atoms with Gasteiger partial charge in [0, 0.05) is 32.1 Å². The van der Waals surface area contributed by atoms with E-state index >= 15 is 0 Å². The molecule has 4 atom stereocenters. The van der Waals surface area contributed by atoms with Crippen molar-refractivity contribution in [2.24, 2.45) is 5.73 Å². The van der Waals surface area contributed by atoms with Crippen LogP contribution < -0.4 is 11.1 Å². The van der Waals surface area contributed by atoms with Gasteiger partial charge in [-0.25, -0.2) is 0 Å². The van der Waals surface area contributed by atoms with Crippen molar-refractivity contribution in [2.75, 3.05) is 7.11 Å². The highest BCUT2D eigenvalue weighted by Crippen LogP contribution is 2.39.